The van der Waals surface area contributed by atoms with Crippen LogP contribution in [0.2, 0.25) is 0 Å². The van der Waals surface area contributed by atoms with Gasteiger partial charge in [0.15, 0.2) is 0 Å². The molecule has 0 radical (unpaired) electrons. The van der Waals surface area contributed by atoms with E-state index in [1.807, 2.05) is 50.2 Å². The Morgan fingerprint density at radius 2 is 1.57 bits per heavy atom. The lowest BCUT2D eigenvalue weighted by molar-refractivity contribution is -0.136. The Hall–Kier alpha value is -4.21. The fourth-order valence-electron chi connectivity index (χ4n) is 4.72. The monoisotopic (exact) mass is 572 g/mol. The van der Waals surface area contributed by atoms with Crippen molar-refractivity contribution in [2.24, 2.45) is 5.73 Å². The van der Waals surface area contributed by atoms with Gasteiger partial charge in [0.2, 0.25) is 9.84 Å². The van der Waals surface area contributed by atoms with E-state index in [0.717, 1.165) is 32.6 Å². The molecule has 2 N–H and O–H groups in total. The molecule has 1 aliphatic heterocycles. The number of esters is 1. The highest BCUT2D eigenvalue weighted by atomic mass is 32.2. The first-order valence-electron chi connectivity index (χ1n) is 12.7. The van der Waals surface area contributed by atoms with Gasteiger partial charge in [-0.25, -0.2) is 13.2 Å². The molecule has 40 heavy (non-hydrogen) atoms. The van der Waals surface area contributed by atoms with Crippen molar-refractivity contribution in [2.45, 2.75) is 31.6 Å². The average Bonchev–Trinajstić information content (AvgIpc) is 3.26. The Morgan fingerprint density at radius 1 is 0.975 bits per heavy atom. The van der Waals surface area contributed by atoms with Gasteiger partial charge in [-0.1, -0.05) is 77.9 Å². The molecule has 2 heterocycles. The normalized spacial score (nSPS) is 15.7. The zero-order chi connectivity index (χ0) is 28.6. The Labute approximate surface area is 236 Å². The van der Waals surface area contributed by atoms with E-state index in [1.165, 1.54) is 12.1 Å². The number of rotatable bonds is 6. The van der Waals surface area contributed by atoms with E-state index in [2.05, 4.69) is 0 Å². The van der Waals surface area contributed by atoms with Crippen molar-refractivity contribution in [1.29, 1.82) is 0 Å². The summed E-state index contributed by atoms with van der Waals surface area (Å²) in [6.45, 7) is 5.62. The van der Waals surface area contributed by atoms with Crippen molar-refractivity contribution in [2.75, 3.05) is 6.61 Å². The Balaban J connectivity index is 1.92. The van der Waals surface area contributed by atoms with Crippen molar-refractivity contribution < 1.29 is 17.9 Å². The largest absolute Gasteiger partial charge is 0.463 e. The van der Waals surface area contributed by atoms with Gasteiger partial charge in [-0.3, -0.25) is 9.36 Å². The lowest BCUT2D eigenvalue weighted by Crippen LogP contribution is -2.41. The van der Waals surface area contributed by atoms with Gasteiger partial charge >= 0.3 is 5.97 Å². The number of fused-ring (bicyclic) bond motifs is 1. The van der Waals surface area contributed by atoms with Gasteiger partial charge < -0.3 is 10.5 Å². The second-order valence-corrected chi connectivity index (χ2v) is 12.5. The number of thiazole rings is 1. The number of benzene rings is 3. The second-order valence-electron chi connectivity index (χ2n) is 9.51. The van der Waals surface area contributed by atoms with Gasteiger partial charge in [0.1, 0.15) is 15.4 Å². The third-order valence-corrected chi connectivity index (χ3v) is 9.75. The van der Waals surface area contributed by atoms with Crippen molar-refractivity contribution >= 4 is 44.6 Å². The van der Waals surface area contributed by atoms with Crippen LogP contribution >= 0.6 is 11.3 Å². The molecule has 0 fully saturated rings. The van der Waals surface area contributed by atoms with E-state index in [0.29, 0.717) is 10.1 Å². The number of aryl methyl sites for hydroxylation is 2. The Morgan fingerprint density at radius 3 is 2.17 bits per heavy atom. The predicted molar refractivity (Wildman–Crippen MR) is 158 cm³/mol. The molecule has 0 amide bonds. The fourth-order valence-corrected chi connectivity index (χ4v) is 7.58. The number of nitrogens with two attached hydrogens (primary N) is 1. The highest BCUT2D eigenvalue weighted by Crippen LogP contribution is 2.42. The van der Waals surface area contributed by atoms with Crippen LogP contribution < -0.4 is 20.5 Å². The number of nitrogens with zero attached hydrogens (tertiary/aromatic N) is 1. The molecule has 4 aromatic rings. The molecule has 0 spiro atoms. The molecule has 0 bridgehead atoms. The average molecular weight is 573 g/mol. The van der Waals surface area contributed by atoms with Gasteiger partial charge in [0, 0.05) is 0 Å². The van der Waals surface area contributed by atoms with E-state index >= 15 is 0 Å². The smallest absolute Gasteiger partial charge is 0.338 e. The van der Waals surface area contributed by atoms with E-state index in [9.17, 15) is 18.0 Å². The van der Waals surface area contributed by atoms with Crippen LogP contribution in [0, 0.1) is 13.8 Å². The summed E-state index contributed by atoms with van der Waals surface area (Å²) in [6.07, 6.45) is 1.71. The molecule has 204 valence electrons. The number of carbonyl (C=O) groups is 1. The van der Waals surface area contributed by atoms with Gasteiger partial charge in [-0.15, -0.1) is 11.3 Å². The standard InChI is InChI=1S/C31H28N2O5S2/c1-4-38-31(35)26-25(22-16-12-20(3)13-17-22)27(40(36,37)23-8-6-5-7-9-23)28(32)33-29(34)24(39-30(26)33)18-21-14-10-19(2)11-15-21/h5-18,25H,4,32H2,1-3H3/b24-18-/t25-/m1/s1. The number of hydrogen-bond donors (Lipinski definition) is 1. The number of allylic oxidation sites excluding steroid dienone is 1. The van der Waals surface area contributed by atoms with E-state index in [1.54, 1.807) is 43.3 Å². The number of carbonyl (C=O) groups excluding carboxylic acids is 1. The summed E-state index contributed by atoms with van der Waals surface area (Å²) >= 11 is 1.09. The maximum absolute atomic E-state index is 14.2. The predicted octanol–water partition coefficient (Wildman–Crippen LogP) is 3.43. The minimum atomic E-state index is -4.25. The molecular weight excluding hydrogens is 544 g/mol. The molecule has 9 heteroatoms. The minimum Gasteiger partial charge on any atom is -0.463 e. The summed E-state index contributed by atoms with van der Waals surface area (Å²) in [7, 11) is -4.25. The van der Waals surface area contributed by atoms with Gasteiger partial charge in [0.05, 0.1) is 27.5 Å². The van der Waals surface area contributed by atoms with Crippen molar-refractivity contribution in [3.63, 3.8) is 0 Å². The van der Waals surface area contributed by atoms with Gasteiger partial charge in [0.25, 0.3) is 5.56 Å². The highest BCUT2D eigenvalue weighted by molar-refractivity contribution is 7.95. The van der Waals surface area contributed by atoms with Crippen molar-refractivity contribution in [1.82, 2.24) is 4.57 Å². The van der Waals surface area contributed by atoms with Crippen LogP contribution in [0.5, 0.6) is 0 Å². The lowest BCUT2D eigenvalue weighted by atomic mass is 9.89. The fraction of sp³-hybridized carbons (Fsp3) is 0.161. The third-order valence-electron chi connectivity index (χ3n) is 6.72. The first-order valence-corrected chi connectivity index (χ1v) is 15.0. The summed E-state index contributed by atoms with van der Waals surface area (Å²) in [6, 6.07) is 22.7. The topological polar surface area (TPSA) is 108 Å². The van der Waals surface area contributed by atoms with E-state index in [-0.39, 0.29) is 32.5 Å². The molecular formula is C31H28N2O5S2. The molecule has 0 unspecified atom stereocenters. The number of aromatic nitrogens is 1. The van der Waals surface area contributed by atoms with Crippen molar-refractivity contribution in [3.05, 3.63) is 126 Å². The molecule has 5 rings (SSSR count). The van der Waals surface area contributed by atoms with Crippen LogP contribution in [-0.4, -0.2) is 25.6 Å². The first-order chi connectivity index (χ1) is 19.1. The molecule has 1 atom stereocenters. The number of sulfone groups is 1. The summed E-state index contributed by atoms with van der Waals surface area (Å²) < 4.78 is 35.5. The number of hydrogen-bond acceptors (Lipinski definition) is 7. The molecule has 1 aromatic heterocycles. The van der Waals surface area contributed by atoms with Crippen LogP contribution in [0.4, 0.5) is 0 Å². The maximum Gasteiger partial charge on any atom is 0.338 e. The third kappa shape index (κ3) is 4.82. The quantitative estimate of drug-likeness (QED) is 0.355. The van der Waals surface area contributed by atoms with Crippen molar-refractivity contribution in [3.8, 4) is 0 Å². The van der Waals surface area contributed by atoms with Crippen LogP contribution in [0.15, 0.2) is 93.5 Å². The molecule has 0 saturated carbocycles. The summed E-state index contributed by atoms with van der Waals surface area (Å²) in [5, 5.41) is 0. The van der Waals surface area contributed by atoms with Crippen LogP contribution in [-0.2, 0) is 19.4 Å². The summed E-state index contributed by atoms with van der Waals surface area (Å²) in [5.74, 6) is -2.03. The summed E-state index contributed by atoms with van der Waals surface area (Å²) in [4.78, 5) is 27.2. The summed E-state index contributed by atoms with van der Waals surface area (Å²) in [5.41, 5.74) is 9.53. The zero-order valence-electron chi connectivity index (χ0n) is 22.2. The molecule has 0 saturated heterocycles. The molecule has 1 aliphatic rings. The first kappa shape index (κ1) is 27.4. The zero-order valence-corrected chi connectivity index (χ0v) is 23.9. The Kier molecular flexibility index (Phi) is 7.35. The van der Waals surface area contributed by atoms with Gasteiger partial charge in [-0.05, 0) is 50.1 Å². The van der Waals surface area contributed by atoms with Gasteiger partial charge in [-0.2, -0.15) is 0 Å². The van der Waals surface area contributed by atoms with Crippen LogP contribution in [0.1, 0.15) is 35.1 Å². The van der Waals surface area contributed by atoms with E-state index < -0.39 is 27.3 Å². The van der Waals surface area contributed by atoms with Crippen LogP contribution in [0.25, 0.3) is 17.5 Å². The molecule has 0 aliphatic carbocycles. The second kappa shape index (κ2) is 10.7. The minimum absolute atomic E-state index is 0.00596. The highest BCUT2D eigenvalue weighted by Gasteiger charge is 2.42. The lowest BCUT2D eigenvalue weighted by Gasteiger charge is -2.28. The molecule has 7 nitrogen and oxygen atoms in total. The van der Waals surface area contributed by atoms with E-state index in [4.69, 9.17) is 10.5 Å². The maximum atomic E-state index is 14.2. The molecule has 3 aromatic carbocycles. The van der Waals surface area contributed by atoms with Crippen LogP contribution in [0.3, 0.4) is 0 Å². The number of ether oxygens (including phenoxy) is 1. The SMILES string of the molecule is CCOC(=O)C1=c2s/c(=C\c3ccc(C)cc3)c(=O)n2C(N)=C(S(=O)(=O)c2ccccc2)[C@@H]1c1ccc(C)cc1. The Bertz CT molecular complexity index is 1920.